The highest BCUT2D eigenvalue weighted by atomic mass is 35.5. The van der Waals surface area contributed by atoms with Crippen LogP contribution in [-0.2, 0) is 10.2 Å². The molecule has 0 atom stereocenters. The Labute approximate surface area is 183 Å². The maximum atomic E-state index is 13.2. The Kier molecular flexibility index (Phi) is 4.59. The summed E-state index contributed by atoms with van der Waals surface area (Å²) >= 11 is 6.40. The lowest BCUT2D eigenvalue weighted by molar-refractivity contribution is -0.118. The van der Waals surface area contributed by atoms with Crippen molar-refractivity contribution < 1.29 is 19.1 Å². The number of carbonyl (C=O) groups is 2. The summed E-state index contributed by atoms with van der Waals surface area (Å²) in [5.74, 6) is 0.771. The molecule has 3 aromatic rings. The van der Waals surface area contributed by atoms with Crippen LogP contribution in [-0.4, -0.2) is 18.6 Å². The minimum absolute atomic E-state index is 0.0782. The highest BCUT2D eigenvalue weighted by Crippen LogP contribution is 2.51. The molecule has 7 heteroatoms. The van der Waals surface area contributed by atoms with E-state index in [4.69, 9.17) is 26.8 Å². The van der Waals surface area contributed by atoms with Crippen LogP contribution in [0.3, 0.4) is 0 Å². The highest BCUT2D eigenvalue weighted by molar-refractivity contribution is 6.33. The molecule has 0 bridgehead atoms. The molecule has 2 aliphatic rings. The summed E-state index contributed by atoms with van der Waals surface area (Å²) in [5.41, 5.74) is 8.20. The van der Waals surface area contributed by atoms with Crippen LogP contribution in [0, 0.1) is 0 Å². The van der Waals surface area contributed by atoms with Crippen LogP contribution in [0.25, 0.3) is 11.1 Å². The maximum Gasteiger partial charge on any atom is 0.248 e. The first-order chi connectivity index (χ1) is 15.0. The molecular formula is C24H19ClN2O4. The van der Waals surface area contributed by atoms with Crippen LogP contribution in [0.4, 0.5) is 5.69 Å². The normalized spacial score (nSPS) is 15.4. The topological polar surface area (TPSA) is 90.7 Å². The van der Waals surface area contributed by atoms with Gasteiger partial charge in [-0.2, -0.15) is 0 Å². The van der Waals surface area contributed by atoms with Gasteiger partial charge in [0.05, 0.1) is 5.41 Å². The van der Waals surface area contributed by atoms with Gasteiger partial charge in [-0.25, -0.2) is 0 Å². The number of anilines is 1. The lowest BCUT2D eigenvalue weighted by atomic mass is 9.94. The van der Waals surface area contributed by atoms with Crippen LogP contribution < -0.4 is 20.5 Å². The van der Waals surface area contributed by atoms with E-state index in [1.54, 1.807) is 36.4 Å². The van der Waals surface area contributed by atoms with E-state index in [2.05, 4.69) is 5.32 Å². The van der Waals surface area contributed by atoms with Crippen molar-refractivity contribution in [3.05, 3.63) is 76.8 Å². The van der Waals surface area contributed by atoms with E-state index in [1.165, 1.54) is 0 Å². The Hall–Kier alpha value is -3.51. The summed E-state index contributed by atoms with van der Waals surface area (Å²) in [5, 5.41) is 3.54. The van der Waals surface area contributed by atoms with Crippen molar-refractivity contribution >= 4 is 29.1 Å². The van der Waals surface area contributed by atoms with Gasteiger partial charge in [-0.1, -0.05) is 29.8 Å². The van der Waals surface area contributed by atoms with Crippen LogP contribution in [0.1, 0.15) is 28.8 Å². The summed E-state index contributed by atoms with van der Waals surface area (Å²) in [6, 6.07) is 17.9. The van der Waals surface area contributed by atoms with Crippen molar-refractivity contribution in [3.8, 4) is 22.6 Å². The van der Waals surface area contributed by atoms with Crippen molar-refractivity contribution in [1.82, 2.24) is 0 Å². The maximum absolute atomic E-state index is 13.2. The second-order valence-corrected chi connectivity index (χ2v) is 8.15. The third-order valence-electron chi connectivity index (χ3n) is 5.79. The third kappa shape index (κ3) is 3.49. The Balaban J connectivity index is 1.42. The van der Waals surface area contributed by atoms with Crippen molar-refractivity contribution in [2.45, 2.75) is 18.3 Å². The molecule has 0 unspecified atom stereocenters. The fourth-order valence-corrected chi connectivity index (χ4v) is 4.11. The number of nitrogens with one attached hydrogen (secondary N) is 1. The van der Waals surface area contributed by atoms with Gasteiger partial charge in [0.1, 0.15) is 0 Å². The van der Waals surface area contributed by atoms with Gasteiger partial charge in [0.15, 0.2) is 11.5 Å². The zero-order valence-electron chi connectivity index (χ0n) is 16.5. The van der Waals surface area contributed by atoms with E-state index in [0.29, 0.717) is 33.3 Å². The monoisotopic (exact) mass is 434 g/mol. The van der Waals surface area contributed by atoms with Crippen molar-refractivity contribution in [3.63, 3.8) is 0 Å². The molecule has 0 saturated heterocycles. The smallest absolute Gasteiger partial charge is 0.248 e. The molecule has 0 spiro atoms. The summed E-state index contributed by atoms with van der Waals surface area (Å²) in [7, 11) is 0. The van der Waals surface area contributed by atoms with E-state index in [1.807, 2.05) is 24.3 Å². The number of ether oxygens (including phenoxy) is 2. The molecule has 1 saturated carbocycles. The van der Waals surface area contributed by atoms with E-state index < -0.39 is 11.3 Å². The largest absolute Gasteiger partial charge is 0.454 e. The molecule has 1 fully saturated rings. The number of hydrogen-bond donors (Lipinski definition) is 2. The quantitative estimate of drug-likeness (QED) is 0.618. The van der Waals surface area contributed by atoms with Gasteiger partial charge in [0.2, 0.25) is 18.6 Å². The van der Waals surface area contributed by atoms with Crippen LogP contribution in [0.15, 0.2) is 60.7 Å². The van der Waals surface area contributed by atoms with E-state index in [-0.39, 0.29) is 12.7 Å². The fraction of sp³-hybridized carbons (Fsp3) is 0.167. The zero-order valence-corrected chi connectivity index (χ0v) is 17.2. The van der Waals surface area contributed by atoms with E-state index in [0.717, 1.165) is 24.0 Å². The van der Waals surface area contributed by atoms with Gasteiger partial charge in [-0.05, 0) is 66.4 Å². The van der Waals surface area contributed by atoms with E-state index in [9.17, 15) is 9.59 Å². The molecule has 6 nitrogen and oxygen atoms in total. The predicted molar refractivity (Wildman–Crippen MR) is 118 cm³/mol. The number of halogens is 1. The van der Waals surface area contributed by atoms with Gasteiger partial charge < -0.3 is 20.5 Å². The number of fused-ring (bicyclic) bond motifs is 1. The van der Waals surface area contributed by atoms with Gasteiger partial charge in [-0.3, -0.25) is 9.59 Å². The average molecular weight is 435 g/mol. The molecule has 3 N–H and O–H groups in total. The molecule has 31 heavy (non-hydrogen) atoms. The first kappa shape index (κ1) is 19.5. The molecule has 3 aromatic carbocycles. The Morgan fingerprint density at radius 2 is 1.77 bits per heavy atom. The molecule has 1 heterocycles. The Morgan fingerprint density at radius 3 is 2.55 bits per heavy atom. The fourth-order valence-electron chi connectivity index (χ4n) is 3.88. The molecule has 156 valence electrons. The highest BCUT2D eigenvalue weighted by Gasteiger charge is 2.51. The van der Waals surface area contributed by atoms with Crippen LogP contribution >= 0.6 is 11.6 Å². The minimum Gasteiger partial charge on any atom is -0.454 e. The molecule has 0 aromatic heterocycles. The van der Waals surface area contributed by atoms with Crippen LogP contribution in [0.5, 0.6) is 11.5 Å². The summed E-state index contributed by atoms with van der Waals surface area (Å²) in [6.07, 6.45) is 1.53. The summed E-state index contributed by atoms with van der Waals surface area (Å²) in [6.45, 7) is 0.197. The second kappa shape index (κ2) is 7.32. The van der Waals surface area contributed by atoms with Gasteiger partial charge >= 0.3 is 0 Å². The average Bonchev–Trinajstić information content (AvgIpc) is 3.46. The zero-order chi connectivity index (χ0) is 21.6. The molecule has 1 aliphatic carbocycles. The van der Waals surface area contributed by atoms with Crippen molar-refractivity contribution in [2.24, 2.45) is 5.73 Å². The number of benzene rings is 3. The Morgan fingerprint density at radius 1 is 0.968 bits per heavy atom. The van der Waals surface area contributed by atoms with Gasteiger partial charge in [-0.15, -0.1) is 0 Å². The third-order valence-corrected chi connectivity index (χ3v) is 6.12. The molecular weight excluding hydrogens is 416 g/mol. The van der Waals surface area contributed by atoms with Gasteiger partial charge in [0, 0.05) is 21.8 Å². The van der Waals surface area contributed by atoms with Crippen molar-refractivity contribution in [1.29, 1.82) is 0 Å². The summed E-state index contributed by atoms with van der Waals surface area (Å²) < 4.78 is 10.8. The lowest BCUT2D eigenvalue weighted by Crippen LogP contribution is -2.27. The number of hydrogen-bond acceptors (Lipinski definition) is 4. The minimum atomic E-state index is -0.577. The predicted octanol–water partition coefficient (Wildman–Crippen LogP) is 4.50. The number of nitrogens with two attached hydrogens (primary N) is 1. The standard InChI is InChI=1S/C24H19ClN2O4/c25-19-6-5-17(12-18(19)14-2-1-3-15(10-14)22(26)28)27-23(29)24(8-9-24)16-4-7-20-21(11-16)31-13-30-20/h1-7,10-12H,8-9,13H2,(H2,26,28)(H,27,29). The second-order valence-electron chi connectivity index (χ2n) is 7.74. The summed E-state index contributed by atoms with van der Waals surface area (Å²) in [4.78, 5) is 24.7. The molecule has 5 rings (SSSR count). The van der Waals surface area contributed by atoms with Gasteiger partial charge in [0.25, 0.3) is 0 Å². The first-order valence-corrected chi connectivity index (χ1v) is 10.3. The van der Waals surface area contributed by atoms with Crippen molar-refractivity contribution in [2.75, 3.05) is 12.1 Å². The number of amides is 2. The molecule has 0 radical (unpaired) electrons. The molecule has 2 amide bonds. The SMILES string of the molecule is NC(=O)c1cccc(-c2cc(NC(=O)C3(c4ccc5c(c4)OCO5)CC3)ccc2Cl)c1. The molecule has 1 aliphatic heterocycles. The number of primary amides is 1. The van der Waals surface area contributed by atoms with E-state index >= 15 is 0 Å². The Bertz CT molecular complexity index is 1220. The van der Waals surface area contributed by atoms with Crippen LogP contribution in [0.2, 0.25) is 5.02 Å². The number of carbonyl (C=O) groups excluding carboxylic acids is 2. The number of rotatable bonds is 5. The first-order valence-electron chi connectivity index (χ1n) is 9.88. The lowest BCUT2D eigenvalue weighted by Gasteiger charge is -2.17.